The highest BCUT2D eigenvalue weighted by atomic mass is 35.5. The number of rotatable bonds is 4. The number of benzene rings is 2. The van der Waals surface area contributed by atoms with Crippen molar-refractivity contribution in [3.63, 3.8) is 0 Å². The minimum atomic E-state index is 0.0617. The summed E-state index contributed by atoms with van der Waals surface area (Å²) in [7, 11) is 0. The molecule has 0 aliphatic rings. The maximum absolute atomic E-state index is 6.14. The Balaban J connectivity index is 2.29. The Morgan fingerprint density at radius 1 is 1.10 bits per heavy atom. The summed E-state index contributed by atoms with van der Waals surface area (Å²) in [5, 5.41) is 4.31. The Hall–Kier alpha value is -1.58. The van der Waals surface area contributed by atoms with Crippen molar-refractivity contribution in [1.29, 1.82) is 0 Å². The van der Waals surface area contributed by atoms with E-state index in [1.165, 1.54) is 0 Å². The quantitative estimate of drug-likeness (QED) is 0.772. The molecule has 0 aliphatic carbocycles. The van der Waals surface area contributed by atoms with E-state index in [0.29, 0.717) is 21.5 Å². The molecule has 3 N–H and O–H groups in total. The number of hydrogen-bond donors (Lipinski definition) is 2. The molecule has 0 saturated carbocycles. The largest absolute Gasteiger partial charge is 0.489 e. The van der Waals surface area contributed by atoms with Gasteiger partial charge >= 0.3 is 0 Å². The lowest BCUT2D eigenvalue weighted by molar-refractivity contribution is 0.244. The van der Waals surface area contributed by atoms with Crippen LogP contribution in [0.2, 0.25) is 10.0 Å². The maximum atomic E-state index is 6.14. The minimum Gasteiger partial charge on any atom is -0.489 e. The predicted molar refractivity (Wildman–Crippen MR) is 86.4 cm³/mol. The number of nitrogen functional groups attached to an aromatic ring is 1. The molecule has 0 aromatic heterocycles. The van der Waals surface area contributed by atoms with Crippen molar-refractivity contribution in [1.82, 2.24) is 0 Å². The molecule has 0 radical (unpaired) electrons. The summed E-state index contributed by atoms with van der Waals surface area (Å²) in [6, 6.07) is 10.8. The molecule has 5 heteroatoms. The molecule has 0 fully saturated rings. The molecule has 106 valence electrons. The zero-order chi connectivity index (χ0) is 14.7. The zero-order valence-electron chi connectivity index (χ0n) is 11.3. The number of halogens is 2. The molecule has 0 unspecified atom stereocenters. The highest BCUT2D eigenvalue weighted by Crippen LogP contribution is 2.34. The Labute approximate surface area is 128 Å². The summed E-state index contributed by atoms with van der Waals surface area (Å²) in [4.78, 5) is 0. The smallest absolute Gasteiger partial charge is 0.144 e. The van der Waals surface area contributed by atoms with Crippen LogP contribution in [-0.2, 0) is 0 Å². The van der Waals surface area contributed by atoms with Crippen molar-refractivity contribution in [2.24, 2.45) is 0 Å². The van der Waals surface area contributed by atoms with E-state index in [1.54, 1.807) is 18.2 Å². The van der Waals surface area contributed by atoms with Crippen LogP contribution in [0.25, 0.3) is 0 Å². The average Bonchev–Trinajstić information content (AvgIpc) is 2.36. The lowest BCUT2D eigenvalue weighted by Gasteiger charge is -2.16. The van der Waals surface area contributed by atoms with E-state index in [0.717, 1.165) is 11.4 Å². The second-order valence-electron chi connectivity index (χ2n) is 4.63. The number of anilines is 3. The van der Waals surface area contributed by atoms with Gasteiger partial charge in [-0.25, -0.2) is 0 Å². The molecule has 0 amide bonds. The molecule has 0 heterocycles. The fourth-order valence-corrected chi connectivity index (χ4v) is 2.20. The summed E-state index contributed by atoms with van der Waals surface area (Å²) in [5.74, 6) is 0.648. The summed E-state index contributed by atoms with van der Waals surface area (Å²) >= 11 is 12.0. The second kappa shape index (κ2) is 6.25. The van der Waals surface area contributed by atoms with Gasteiger partial charge in [-0.15, -0.1) is 0 Å². The fraction of sp³-hybridized carbons (Fsp3) is 0.200. The van der Waals surface area contributed by atoms with E-state index in [2.05, 4.69) is 5.32 Å². The van der Waals surface area contributed by atoms with Crippen LogP contribution in [0, 0.1) is 0 Å². The van der Waals surface area contributed by atoms with Crippen LogP contribution in [0.4, 0.5) is 17.1 Å². The first-order chi connectivity index (χ1) is 9.47. The van der Waals surface area contributed by atoms with Gasteiger partial charge in [0.15, 0.2) is 0 Å². The molecule has 2 aromatic rings. The molecule has 0 aliphatic heterocycles. The van der Waals surface area contributed by atoms with E-state index in [4.69, 9.17) is 33.7 Å². The van der Waals surface area contributed by atoms with Crippen molar-refractivity contribution in [2.75, 3.05) is 11.1 Å². The van der Waals surface area contributed by atoms with Crippen LogP contribution in [0.3, 0.4) is 0 Å². The van der Waals surface area contributed by atoms with Crippen molar-refractivity contribution >= 4 is 40.3 Å². The Bertz CT molecular complexity index is 615. The lowest BCUT2D eigenvalue weighted by atomic mass is 10.2. The molecule has 0 atom stereocenters. The molecule has 3 nitrogen and oxygen atoms in total. The summed E-state index contributed by atoms with van der Waals surface area (Å²) in [6.45, 7) is 3.91. The summed E-state index contributed by atoms with van der Waals surface area (Å²) in [5.41, 5.74) is 8.13. The van der Waals surface area contributed by atoms with E-state index in [-0.39, 0.29) is 6.10 Å². The highest BCUT2D eigenvalue weighted by molar-refractivity contribution is 6.36. The minimum absolute atomic E-state index is 0.0617. The van der Waals surface area contributed by atoms with Crippen LogP contribution in [0.5, 0.6) is 5.75 Å². The fourth-order valence-electron chi connectivity index (χ4n) is 1.75. The van der Waals surface area contributed by atoms with Crippen LogP contribution in [0.15, 0.2) is 36.4 Å². The monoisotopic (exact) mass is 310 g/mol. The first-order valence-electron chi connectivity index (χ1n) is 6.24. The van der Waals surface area contributed by atoms with E-state index < -0.39 is 0 Å². The van der Waals surface area contributed by atoms with Gasteiger partial charge in [0.05, 0.1) is 28.2 Å². The van der Waals surface area contributed by atoms with Crippen LogP contribution < -0.4 is 15.8 Å². The Morgan fingerprint density at radius 2 is 1.85 bits per heavy atom. The van der Waals surface area contributed by atoms with Crippen molar-refractivity contribution in [3.05, 3.63) is 46.4 Å². The number of hydrogen-bond acceptors (Lipinski definition) is 3. The summed E-state index contributed by atoms with van der Waals surface area (Å²) in [6.07, 6.45) is 0.0617. The van der Waals surface area contributed by atoms with Gasteiger partial charge in [0.1, 0.15) is 5.75 Å². The number of nitrogens with two attached hydrogens (primary N) is 1. The molecule has 0 spiro atoms. The van der Waals surface area contributed by atoms with Gasteiger partial charge in [0, 0.05) is 5.02 Å². The molecule has 2 rings (SSSR count). The lowest BCUT2D eigenvalue weighted by Crippen LogP contribution is -2.08. The SMILES string of the molecule is CC(C)Oc1cccc(Nc2ccc(Cl)cc2Cl)c1N. The Morgan fingerprint density at radius 3 is 2.50 bits per heavy atom. The maximum Gasteiger partial charge on any atom is 0.144 e. The third kappa shape index (κ3) is 3.50. The van der Waals surface area contributed by atoms with E-state index in [1.807, 2.05) is 32.0 Å². The van der Waals surface area contributed by atoms with Gasteiger partial charge in [-0.1, -0.05) is 29.3 Å². The molecular formula is C15H16Cl2N2O. The van der Waals surface area contributed by atoms with Gasteiger partial charge < -0.3 is 15.8 Å². The molecule has 0 bridgehead atoms. The Kier molecular flexibility index (Phi) is 4.63. The zero-order valence-corrected chi connectivity index (χ0v) is 12.8. The topological polar surface area (TPSA) is 47.3 Å². The van der Waals surface area contributed by atoms with Crippen LogP contribution in [0.1, 0.15) is 13.8 Å². The summed E-state index contributed by atoms with van der Waals surface area (Å²) < 4.78 is 5.65. The number of para-hydroxylation sites is 1. The molecule has 20 heavy (non-hydrogen) atoms. The molecular weight excluding hydrogens is 295 g/mol. The van der Waals surface area contributed by atoms with Crippen LogP contribution >= 0.6 is 23.2 Å². The predicted octanol–water partition coefficient (Wildman–Crippen LogP) is 5.11. The van der Waals surface area contributed by atoms with Crippen molar-refractivity contribution in [2.45, 2.75) is 20.0 Å². The highest BCUT2D eigenvalue weighted by Gasteiger charge is 2.09. The van der Waals surface area contributed by atoms with Gasteiger partial charge in [0.2, 0.25) is 0 Å². The number of ether oxygens (including phenoxy) is 1. The van der Waals surface area contributed by atoms with Gasteiger partial charge in [-0.05, 0) is 44.2 Å². The third-order valence-electron chi connectivity index (χ3n) is 2.63. The average molecular weight is 311 g/mol. The second-order valence-corrected chi connectivity index (χ2v) is 5.48. The van der Waals surface area contributed by atoms with Crippen LogP contribution in [-0.4, -0.2) is 6.10 Å². The normalized spacial score (nSPS) is 10.7. The van der Waals surface area contributed by atoms with Crippen molar-refractivity contribution in [3.8, 4) is 5.75 Å². The van der Waals surface area contributed by atoms with Gasteiger partial charge in [-0.3, -0.25) is 0 Å². The van der Waals surface area contributed by atoms with E-state index >= 15 is 0 Å². The van der Waals surface area contributed by atoms with E-state index in [9.17, 15) is 0 Å². The molecule has 0 saturated heterocycles. The number of nitrogens with one attached hydrogen (secondary N) is 1. The molecule has 2 aromatic carbocycles. The standard InChI is InChI=1S/C15H16Cl2N2O/c1-9(2)20-14-5-3-4-13(15(14)18)19-12-7-6-10(16)8-11(12)17/h3-9,19H,18H2,1-2H3. The first-order valence-corrected chi connectivity index (χ1v) is 7.00. The first kappa shape index (κ1) is 14.8. The third-order valence-corrected chi connectivity index (χ3v) is 3.18. The van der Waals surface area contributed by atoms with Crippen molar-refractivity contribution < 1.29 is 4.74 Å². The van der Waals surface area contributed by atoms with Gasteiger partial charge in [0.25, 0.3) is 0 Å². The van der Waals surface area contributed by atoms with Gasteiger partial charge in [-0.2, -0.15) is 0 Å².